The number of nitrogens with zero attached hydrogens (tertiary/aromatic N) is 3. The predicted molar refractivity (Wildman–Crippen MR) is 108 cm³/mol. The average Bonchev–Trinajstić information content (AvgIpc) is 2.68. The molecule has 0 radical (unpaired) electrons. The smallest absolute Gasteiger partial charge is 0.311 e. The summed E-state index contributed by atoms with van der Waals surface area (Å²) >= 11 is 2.89. The molecule has 3 aromatic rings. The van der Waals surface area contributed by atoms with Crippen LogP contribution in [0, 0.1) is 21.7 Å². The van der Waals surface area contributed by atoms with Crippen LogP contribution in [0.5, 0.6) is 5.75 Å². The highest BCUT2D eigenvalue weighted by Gasteiger charge is 2.20. The van der Waals surface area contributed by atoms with Crippen molar-refractivity contribution in [3.8, 4) is 5.75 Å². The van der Waals surface area contributed by atoms with E-state index in [0.29, 0.717) is 0 Å². The lowest BCUT2D eigenvalue weighted by atomic mass is 10.2. The maximum absolute atomic E-state index is 14.2. The molecule has 156 valence electrons. The van der Waals surface area contributed by atoms with Gasteiger partial charge in [0.1, 0.15) is 30.4 Å². The van der Waals surface area contributed by atoms with Gasteiger partial charge in [0, 0.05) is 25.1 Å². The second kappa shape index (κ2) is 8.95. The Hall–Kier alpha value is -3.41. The van der Waals surface area contributed by atoms with E-state index in [2.05, 4.69) is 36.5 Å². The zero-order chi connectivity index (χ0) is 21.8. The highest BCUT2D eigenvalue weighted by Crippen LogP contribution is 2.35. The monoisotopic (exact) mass is 481 g/mol. The van der Waals surface area contributed by atoms with Crippen molar-refractivity contribution < 1.29 is 23.2 Å². The maximum atomic E-state index is 14.2. The average molecular weight is 482 g/mol. The van der Waals surface area contributed by atoms with Crippen molar-refractivity contribution in [1.29, 1.82) is 0 Å². The molecule has 1 heterocycles. The second-order valence-electron chi connectivity index (χ2n) is 6.02. The topological polar surface area (TPSA) is 119 Å². The van der Waals surface area contributed by atoms with Gasteiger partial charge in [-0.25, -0.2) is 18.7 Å². The lowest BCUT2D eigenvalue weighted by Crippen LogP contribution is -2.25. The van der Waals surface area contributed by atoms with Crippen molar-refractivity contribution in [3.63, 3.8) is 0 Å². The maximum Gasteiger partial charge on any atom is 0.311 e. The number of anilines is 2. The van der Waals surface area contributed by atoms with Crippen LogP contribution < -0.4 is 15.4 Å². The molecule has 9 nitrogen and oxygen atoms in total. The number of hydrogen-bond donors (Lipinski definition) is 2. The molecule has 0 aliphatic carbocycles. The Labute approximate surface area is 176 Å². The van der Waals surface area contributed by atoms with Gasteiger partial charge in [-0.2, -0.15) is 0 Å². The Morgan fingerprint density at radius 2 is 2.00 bits per heavy atom. The molecule has 0 bridgehead atoms. The van der Waals surface area contributed by atoms with Gasteiger partial charge in [-0.15, -0.1) is 0 Å². The first-order valence-electron chi connectivity index (χ1n) is 8.48. The zero-order valence-electron chi connectivity index (χ0n) is 15.4. The number of carbonyl (C=O) groups excluding carboxylic acids is 1. The number of hydrogen-bond acceptors (Lipinski definition) is 7. The summed E-state index contributed by atoms with van der Waals surface area (Å²) in [5, 5.41) is 16.9. The number of nitro groups is 1. The Morgan fingerprint density at radius 1 is 1.23 bits per heavy atom. The summed E-state index contributed by atoms with van der Waals surface area (Å²) in [5.41, 5.74) is -0.287. The molecule has 0 fully saturated rings. The van der Waals surface area contributed by atoms with Crippen LogP contribution in [0.3, 0.4) is 0 Å². The van der Waals surface area contributed by atoms with E-state index in [1.165, 1.54) is 25.4 Å². The Bertz CT molecular complexity index is 1150. The lowest BCUT2D eigenvalue weighted by molar-refractivity contribution is -0.385. The lowest BCUT2D eigenvalue weighted by Gasteiger charge is -2.12. The molecule has 0 saturated heterocycles. The van der Waals surface area contributed by atoms with Gasteiger partial charge in [-0.3, -0.25) is 14.9 Å². The van der Waals surface area contributed by atoms with Crippen LogP contribution in [0.15, 0.2) is 35.1 Å². The molecule has 2 N–H and O–H groups in total. The summed E-state index contributed by atoms with van der Waals surface area (Å²) in [6.07, 6.45) is 1.17. The van der Waals surface area contributed by atoms with Gasteiger partial charge in [-0.05, 0) is 22.0 Å². The van der Waals surface area contributed by atoms with E-state index in [1.54, 1.807) is 0 Å². The zero-order valence-corrected chi connectivity index (χ0v) is 17.0. The number of halogens is 3. The molecule has 12 heteroatoms. The first-order chi connectivity index (χ1) is 14.3. The van der Waals surface area contributed by atoms with Crippen LogP contribution in [0.4, 0.5) is 26.0 Å². The fourth-order valence-electron chi connectivity index (χ4n) is 2.56. The molecule has 3 rings (SSSR count). The van der Waals surface area contributed by atoms with Crippen molar-refractivity contribution >= 4 is 49.9 Å². The molecule has 0 saturated carbocycles. The Morgan fingerprint density at radius 3 is 2.70 bits per heavy atom. The van der Waals surface area contributed by atoms with Crippen LogP contribution in [-0.4, -0.2) is 34.0 Å². The van der Waals surface area contributed by atoms with Gasteiger partial charge in [0.15, 0.2) is 5.75 Å². The number of nitrogens with one attached hydrogen (secondary N) is 2. The third-order valence-electron chi connectivity index (χ3n) is 3.91. The number of aromatic nitrogens is 2. The fourth-order valence-corrected chi connectivity index (χ4v) is 2.88. The number of nitro benzene ring substituents is 1. The summed E-state index contributed by atoms with van der Waals surface area (Å²) in [5.74, 6) is -1.70. The highest BCUT2D eigenvalue weighted by atomic mass is 79.9. The summed E-state index contributed by atoms with van der Waals surface area (Å²) in [4.78, 5) is 29.8. The van der Waals surface area contributed by atoms with Crippen molar-refractivity contribution in [2.24, 2.45) is 0 Å². The number of amides is 1. The minimum absolute atomic E-state index is 0.00545. The standard InChI is InChI=1S/C18H14BrF2N5O4/c1-9(27)22-2-3-30-17-7-14-10(4-16(17)26(28)29)18(24-8-23-14)25-15-6-12(20)11(19)5-13(15)21/h4-8H,2-3H2,1H3,(H,22,27)(H,23,24,25). The van der Waals surface area contributed by atoms with Crippen LogP contribution >= 0.6 is 15.9 Å². The minimum atomic E-state index is -0.748. The van der Waals surface area contributed by atoms with E-state index in [4.69, 9.17) is 4.74 Å². The quantitative estimate of drug-likeness (QED) is 0.227. The van der Waals surface area contributed by atoms with Crippen molar-refractivity contribution in [3.05, 3.63) is 56.8 Å². The molecule has 0 unspecified atom stereocenters. The van der Waals surface area contributed by atoms with E-state index < -0.39 is 16.6 Å². The van der Waals surface area contributed by atoms with E-state index in [1.807, 2.05) is 0 Å². The molecule has 2 aromatic carbocycles. The van der Waals surface area contributed by atoms with Crippen molar-refractivity contribution in [2.75, 3.05) is 18.5 Å². The largest absolute Gasteiger partial charge is 0.485 e. The van der Waals surface area contributed by atoms with Gasteiger partial charge in [0.25, 0.3) is 0 Å². The first kappa shape index (κ1) is 21.3. The van der Waals surface area contributed by atoms with E-state index in [-0.39, 0.29) is 57.4 Å². The van der Waals surface area contributed by atoms with Crippen molar-refractivity contribution in [2.45, 2.75) is 6.92 Å². The van der Waals surface area contributed by atoms with Crippen LogP contribution in [0.25, 0.3) is 10.9 Å². The molecule has 1 aromatic heterocycles. The summed E-state index contributed by atoms with van der Waals surface area (Å²) in [6.45, 7) is 1.51. The minimum Gasteiger partial charge on any atom is -0.485 e. The number of fused-ring (bicyclic) bond motifs is 1. The van der Waals surface area contributed by atoms with Gasteiger partial charge >= 0.3 is 5.69 Å². The fraction of sp³-hybridized carbons (Fsp3) is 0.167. The van der Waals surface area contributed by atoms with Gasteiger partial charge < -0.3 is 15.4 Å². The molecular formula is C18H14BrF2N5O4. The molecule has 30 heavy (non-hydrogen) atoms. The van der Waals surface area contributed by atoms with Crippen LogP contribution in [0.1, 0.15) is 6.92 Å². The molecule has 0 aliphatic rings. The van der Waals surface area contributed by atoms with E-state index in [9.17, 15) is 23.7 Å². The third kappa shape index (κ3) is 4.76. The summed E-state index contributed by atoms with van der Waals surface area (Å²) in [7, 11) is 0. The van der Waals surface area contributed by atoms with Crippen LogP contribution in [-0.2, 0) is 4.79 Å². The Kier molecular flexibility index (Phi) is 6.35. The molecule has 0 aliphatic heterocycles. The molecular weight excluding hydrogens is 468 g/mol. The van der Waals surface area contributed by atoms with Gasteiger partial charge in [0.2, 0.25) is 5.91 Å². The molecule has 0 atom stereocenters. The predicted octanol–water partition coefficient (Wildman–Crippen LogP) is 3.84. The normalized spacial score (nSPS) is 10.7. The number of rotatable bonds is 7. The molecule has 1 amide bonds. The van der Waals surface area contributed by atoms with Gasteiger partial charge in [-0.1, -0.05) is 0 Å². The SMILES string of the molecule is CC(=O)NCCOc1cc2ncnc(Nc3cc(F)c(Br)cc3F)c2cc1[N+](=O)[O-]. The van der Waals surface area contributed by atoms with Gasteiger partial charge in [0.05, 0.1) is 32.5 Å². The van der Waals surface area contributed by atoms with Crippen LogP contribution in [0.2, 0.25) is 0 Å². The second-order valence-corrected chi connectivity index (χ2v) is 6.87. The van der Waals surface area contributed by atoms with Crippen molar-refractivity contribution in [1.82, 2.24) is 15.3 Å². The number of benzene rings is 2. The first-order valence-corrected chi connectivity index (χ1v) is 9.27. The summed E-state index contributed by atoms with van der Waals surface area (Å²) < 4.78 is 33.3. The number of carbonyl (C=O) groups is 1. The molecule has 0 spiro atoms. The highest BCUT2D eigenvalue weighted by molar-refractivity contribution is 9.10. The van der Waals surface area contributed by atoms with E-state index in [0.717, 1.165) is 12.1 Å². The summed E-state index contributed by atoms with van der Waals surface area (Å²) in [6, 6.07) is 4.40. The third-order valence-corrected chi connectivity index (χ3v) is 4.52. The Balaban J connectivity index is 1.98. The van der Waals surface area contributed by atoms with E-state index >= 15 is 0 Å². The number of ether oxygens (including phenoxy) is 1.